The van der Waals surface area contributed by atoms with Crippen LogP contribution in [-0.2, 0) is 6.42 Å². The van der Waals surface area contributed by atoms with E-state index in [1.807, 2.05) is 11.6 Å². The number of rotatable bonds is 4. The Hall–Kier alpha value is -2.21. The van der Waals surface area contributed by atoms with E-state index in [1.54, 1.807) is 0 Å². The second-order valence-corrected chi connectivity index (χ2v) is 7.09. The van der Waals surface area contributed by atoms with Crippen LogP contribution in [0.15, 0.2) is 24.3 Å². The molecule has 1 amide bonds. The number of nitrogens with one attached hydrogen (secondary N) is 2. The highest BCUT2D eigenvalue weighted by molar-refractivity contribution is 5.93. The molecule has 0 radical (unpaired) electrons. The fourth-order valence-electron chi connectivity index (χ4n) is 4.11. The van der Waals surface area contributed by atoms with Crippen LogP contribution < -0.4 is 10.6 Å². The third kappa shape index (κ3) is 3.18. The maximum absolute atomic E-state index is 12.6. The molecule has 1 aliphatic carbocycles. The van der Waals surface area contributed by atoms with Crippen LogP contribution in [0.25, 0.3) is 0 Å². The highest BCUT2D eigenvalue weighted by Crippen LogP contribution is 2.32. The first-order chi connectivity index (χ1) is 12.2. The van der Waals surface area contributed by atoms with Crippen molar-refractivity contribution in [2.75, 3.05) is 19.6 Å². The van der Waals surface area contributed by atoms with E-state index in [0.29, 0.717) is 24.2 Å². The Morgan fingerprint density at radius 3 is 2.92 bits per heavy atom. The summed E-state index contributed by atoms with van der Waals surface area (Å²) >= 11 is 0. The second-order valence-electron chi connectivity index (χ2n) is 7.09. The molecule has 1 aromatic carbocycles. The molecule has 0 bridgehead atoms. The number of hydrogen-bond acceptors (Lipinski definition) is 4. The summed E-state index contributed by atoms with van der Waals surface area (Å²) in [5, 5.41) is 14.8. The van der Waals surface area contributed by atoms with Gasteiger partial charge in [0.2, 0.25) is 0 Å². The van der Waals surface area contributed by atoms with Gasteiger partial charge in [0.15, 0.2) is 5.69 Å². The van der Waals surface area contributed by atoms with E-state index in [4.69, 9.17) is 0 Å². The van der Waals surface area contributed by atoms with Gasteiger partial charge in [-0.3, -0.25) is 4.79 Å². The molecule has 1 atom stereocenters. The summed E-state index contributed by atoms with van der Waals surface area (Å²) in [4.78, 5) is 12.6. The van der Waals surface area contributed by atoms with Crippen LogP contribution in [0.1, 0.15) is 58.5 Å². The van der Waals surface area contributed by atoms with E-state index in [2.05, 4.69) is 45.2 Å². The Morgan fingerprint density at radius 1 is 1.28 bits per heavy atom. The number of carbonyl (C=O) groups is 1. The lowest BCUT2D eigenvalue weighted by Gasteiger charge is -2.23. The van der Waals surface area contributed by atoms with Crippen molar-refractivity contribution in [3.8, 4) is 0 Å². The van der Waals surface area contributed by atoms with Crippen LogP contribution >= 0.6 is 0 Å². The summed E-state index contributed by atoms with van der Waals surface area (Å²) in [6.07, 6.45) is 4.26. The Balaban J connectivity index is 1.41. The monoisotopic (exact) mass is 339 g/mol. The number of aryl methyl sites for hydroxylation is 1. The Kier molecular flexibility index (Phi) is 4.53. The minimum Gasteiger partial charge on any atom is -0.350 e. The fraction of sp³-hybridized carbons (Fsp3) is 0.526. The molecule has 2 aromatic rings. The van der Waals surface area contributed by atoms with Gasteiger partial charge < -0.3 is 10.6 Å². The first-order valence-electron chi connectivity index (χ1n) is 9.22. The van der Waals surface area contributed by atoms with Gasteiger partial charge in [0, 0.05) is 12.5 Å². The molecule has 1 saturated heterocycles. The van der Waals surface area contributed by atoms with Gasteiger partial charge in [-0.15, -0.1) is 5.10 Å². The van der Waals surface area contributed by atoms with Crippen molar-refractivity contribution in [2.45, 2.75) is 44.6 Å². The zero-order valence-electron chi connectivity index (χ0n) is 14.7. The zero-order chi connectivity index (χ0) is 17.2. The molecule has 25 heavy (non-hydrogen) atoms. The minimum atomic E-state index is -0.109. The molecular weight excluding hydrogens is 314 g/mol. The van der Waals surface area contributed by atoms with E-state index in [-0.39, 0.29) is 5.91 Å². The summed E-state index contributed by atoms with van der Waals surface area (Å²) in [6.45, 7) is 4.59. The lowest BCUT2D eigenvalue weighted by atomic mass is 10.0. The second kappa shape index (κ2) is 6.96. The van der Waals surface area contributed by atoms with Crippen molar-refractivity contribution < 1.29 is 4.79 Å². The van der Waals surface area contributed by atoms with Crippen LogP contribution in [0.3, 0.4) is 0 Å². The first kappa shape index (κ1) is 16.3. The van der Waals surface area contributed by atoms with E-state index in [9.17, 15) is 4.79 Å². The van der Waals surface area contributed by atoms with Crippen molar-refractivity contribution in [1.82, 2.24) is 25.6 Å². The lowest BCUT2D eigenvalue weighted by Crippen LogP contribution is -2.31. The first-order valence-corrected chi connectivity index (χ1v) is 9.22. The third-order valence-corrected chi connectivity index (χ3v) is 5.56. The Morgan fingerprint density at radius 2 is 2.08 bits per heavy atom. The molecule has 1 aliphatic heterocycles. The SMILES string of the molecule is Cc1c(C(=O)NCC2CCc3ccccc32)nnn1C1CCNCC1. The lowest BCUT2D eigenvalue weighted by molar-refractivity contribution is 0.0945. The van der Waals surface area contributed by atoms with Gasteiger partial charge in [0.1, 0.15) is 0 Å². The average Bonchev–Trinajstić information content (AvgIpc) is 3.24. The molecule has 6 nitrogen and oxygen atoms in total. The van der Waals surface area contributed by atoms with Gasteiger partial charge in [-0.1, -0.05) is 29.5 Å². The number of aromatic nitrogens is 3. The number of hydrogen-bond donors (Lipinski definition) is 2. The van der Waals surface area contributed by atoms with Crippen molar-refractivity contribution in [3.05, 3.63) is 46.8 Å². The van der Waals surface area contributed by atoms with E-state index in [0.717, 1.165) is 44.5 Å². The summed E-state index contributed by atoms with van der Waals surface area (Å²) in [5.41, 5.74) is 4.12. The molecule has 6 heteroatoms. The number of carbonyl (C=O) groups excluding carboxylic acids is 1. The van der Waals surface area contributed by atoms with Gasteiger partial charge in [-0.05, 0) is 56.8 Å². The minimum absolute atomic E-state index is 0.109. The third-order valence-electron chi connectivity index (χ3n) is 5.56. The zero-order valence-corrected chi connectivity index (χ0v) is 14.7. The maximum atomic E-state index is 12.6. The predicted molar refractivity (Wildman–Crippen MR) is 95.7 cm³/mol. The van der Waals surface area contributed by atoms with Gasteiger partial charge in [-0.2, -0.15) is 0 Å². The van der Waals surface area contributed by atoms with Crippen molar-refractivity contribution in [3.63, 3.8) is 0 Å². The fourth-order valence-corrected chi connectivity index (χ4v) is 4.11. The molecule has 2 aliphatic rings. The predicted octanol–water partition coefficient (Wildman–Crippen LogP) is 1.97. The molecule has 1 aromatic heterocycles. The van der Waals surface area contributed by atoms with Crippen LogP contribution in [0.4, 0.5) is 0 Å². The number of piperidine rings is 1. The van der Waals surface area contributed by atoms with Gasteiger partial charge >= 0.3 is 0 Å². The number of amides is 1. The van der Waals surface area contributed by atoms with Gasteiger partial charge in [0.05, 0.1) is 11.7 Å². The quantitative estimate of drug-likeness (QED) is 0.893. The molecule has 0 spiro atoms. The molecule has 1 unspecified atom stereocenters. The van der Waals surface area contributed by atoms with Crippen molar-refractivity contribution in [1.29, 1.82) is 0 Å². The summed E-state index contributed by atoms with van der Waals surface area (Å²) in [7, 11) is 0. The normalized spacial score (nSPS) is 20.4. The number of fused-ring (bicyclic) bond motifs is 1. The number of benzene rings is 1. The van der Waals surface area contributed by atoms with Crippen LogP contribution in [-0.4, -0.2) is 40.5 Å². The molecule has 0 saturated carbocycles. The standard InChI is InChI=1S/C19H25N5O/c1-13-18(22-23-24(13)16-8-10-20-11-9-16)19(25)21-12-15-7-6-14-4-2-3-5-17(14)15/h2-5,15-16,20H,6-12H2,1H3,(H,21,25). The van der Waals surface area contributed by atoms with Crippen molar-refractivity contribution >= 4 is 5.91 Å². The Labute approximate surface area is 148 Å². The van der Waals surface area contributed by atoms with E-state index >= 15 is 0 Å². The molecule has 2 N–H and O–H groups in total. The average molecular weight is 339 g/mol. The number of nitrogens with zero attached hydrogens (tertiary/aromatic N) is 3. The molecule has 2 heterocycles. The molecule has 4 rings (SSSR count). The maximum Gasteiger partial charge on any atom is 0.273 e. The highest BCUT2D eigenvalue weighted by Gasteiger charge is 2.25. The molecular formula is C19H25N5O. The highest BCUT2D eigenvalue weighted by atomic mass is 16.2. The molecule has 132 valence electrons. The smallest absolute Gasteiger partial charge is 0.273 e. The summed E-state index contributed by atoms with van der Waals surface area (Å²) < 4.78 is 1.93. The largest absolute Gasteiger partial charge is 0.350 e. The van der Waals surface area contributed by atoms with Crippen LogP contribution in [0.2, 0.25) is 0 Å². The van der Waals surface area contributed by atoms with Gasteiger partial charge in [0.25, 0.3) is 5.91 Å². The van der Waals surface area contributed by atoms with E-state index < -0.39 is 0 Å². The Bertz CT molecular complexity index is 763. The molecule has 1 fully saturated rings. The summed E-state index contributed by atoms with van der Waals surface area (Å²) in [5.74, 6) is 0.294. The van der Waals surface area contributed by atoms with Gasteiger partial charge in [-0.25, -0.2) is 4.68 Å². The topological polar surface area (TPSA) is 71.8 Å². The van der Waals surface area contributed by atoms with Crippen LogP contribution in [0, 0.1) is 6.92 Å². The van der Waals surface area contributed by atoms with Crippen molar-refractivity contribution in [2.24, 2.45) is 0 Å². The summed E-state index contributed by atoms with van der Waals surface area (Å²) in [6, 6.07) is 8.87. The van der Waals surface area contributed by atoms with Crippen LogP contribution in [0.5, 0.6) is 0 Å². The van der Waals surface area contributed by atoms with E-state index in [1.165, 1.54) is 11.1 Å².